The Kier molecular flexibility index (Phi) is 21.8. The molecule has 23 heavy (non-hydrogen) atoms. The van der Waals surface area contributed by atoms with Crippen molar-refractivity contribution >= 4 is 11.9 Å². The second-order valence-corrected chi connectivity index (χ2v) is 4.60. The van der Waals surface area contributed by atoms with Crippen LogP contribution in [0.4, 0.5) is 0 Å². The van der Waals surface area contributed by atoms with Crippen molar-refractivity contribution in [1.82, 2.24) is 0 Å². The summed E-state index contributed by atoms with van der Waals surface area (Å²) in [6.07, 6.45) is 3.01. The minimum atomic E-state index is -0.271. The number of rotatable bonds is 13. The van der Waals surface area contributed by atoms with Gasteiger partial charge >= 0.3 is 11.9 Å². The fourth-order valence-corrected chi connectivity index (χ4v) is 1.23. The maximum Gasteiger partial charge on any atom is 0.302 e. The standard InChI is InChI=1S/C10H20O4.C6H12O3/c1-3-4-5-12-6-7-13-8-9-14-10(2)11;1-6(7)9-5-3-4-8-2/h3-9H2,1-2H3;3-5H2,1-2H3. The third-order valence-corrected chi connectivity index (χ3v) is 2.35. The van der Waals surface area contributed by atoms with Gasteiger partial charge in [0.2, 0.25) is 0 Å². The van der Waals surface area contributed by atoms with Gasteiger partial charge in [-0.25, -0.2) is 0 Å². The van der Waals surface area contributed by atoms with E-state index in [1.165, 1.54) is 13.8 Å². The monoisotopic (exact) mass is 336 g/mol. The zero-order valence-electron chi connectivity index (χ0n) is 14.9. The summed E-state index contributed by atoms with van der Waals surface area (Å²) >= 11 is 0. The van der Waals surface area contributed by atoms with Gasteiger partial charge in [-0.3, -0.25) is 9.59 Å². The van der Waals surface area contributed by atoms with E-state index in [0.29, 0.717) is 39.6 Å². The topological polar surface area (TPSA) is 80.3 Å². The fourth-order valence-electron chi connectivity index (χ4n) is 1.23. The second-order valence-electron chi connectivity index (χ2n) is 4.60. The number of ether oxygens (including phenoxy) is 5. The molecule has 0 atom stereocenters. The number of carbonyl (C=O) groups excluding carboxylic acids is 2. The van der Waals surface area contributed by atoms with Crippen molar-refractivity contribution in [3.8, 4) is 0 Å². The van der Waals surface area contributed by atoms with Crippen LogP contribution in [0.2, 0.25) is 0 Å². The average Bonchev–Trinajstić information content (AvgIpc) is 2.50. The van der Waals surface area contributed by atoms with Crippen LogP contribution in [0, 0.1) is 0 Å². The highest BCUT2D eigenvalue weighted by Gasteiger charge is 1.93. The van der Waals surface area contributed by atoms with Gasteiger partial charge in [0.05, 0.1) is 26.4 Å². The van der Waals surface area contributed by atoms with Crippen LogP contribution in [-0.4, -0.2) is 65.3 Å². The molecule has 0 unspecified atom stereocenters. The van der Waals surface area contributed by atoms with Crippen LogP contribution in [0.3, 0.4) is 0 Å². The molecule has 7 nitrogen and oxygen atoms in total. The van der Waals surface area contributed by atoms with E-state index in [0.717, 1.165) is 25.9 Å². The maximum absolute atomic E-state index is 10.3. The first-order valence-electron chi connectivity index (χ1n) is 7.95. The Morgan fingerprint density at radius 2 is 1.22 bits per heavy atom. The van der Waals surface area contributed by atoms with E-state index >= 15 is 0 Å². The SMILES string of the molecule is CCCCOCCOCCOC(C)=O.COCCCOC(C)=O. The van der Waals surface area contributed by atoms with Gasteiger partial charge < -0.3 is 23.7 Å². The third kappa shape index (κ3) is 29.5. The molecule has 0 bridgehead atoms. The van der Waals surface area contributed by atoms with Crippen LogP contribution in [0.5, 0.6) is 0 Å². The predicted octanol–water partition coefficient (Wildman–Crippen LogP) is 1.97. The second kappa shape index (κ2) is 20.8. The normalized spacial score (nSPS) is 9.74. The van der Waals surface area contributed by atoms with E-state index in [-0.39, 0.29) is 11.9 Å². The molecule has 0 fully saturated rings. The lowest BCUT2D eigenvalue weighted by Crippen LogP contribution is -2.11. The number of unbranched alkanes of at least 4 members (excludes halogenated alkanes) is 1. The lowest BCUT2D eigenvalue weighted by molar-refractivity contribution is -0.143. The molecule has 0 aromatic rings. The lowest BCUT2D eigenvalue weighted by atomic mass is 10.4. The molecular formula is C16H32O7. The highest BCUT2D eigenvalue weighted by atomic mass is 16.6. The first kappa shape index (κ1) is 24.1. The zero-order chi connectivity index (χ0) is 17.8. The zero-order valence-corrected chi connectivity index (χ0v) is 14.9. The van der Waals surface area contributed by atoms with Gasteiger partial charge in [-0.05, 0) is 6.42 Å². The van der Waals surface area contributed by atoms with Crippen molar-refractivity contribution < 1.29 is 33.3 Å². The van der Waals surface area contributed by atoms with E-state index in [9.17, 15) is 9.59 Å². The number of carbonyl (C=O) groups is 2. The fraction of sp³-hybridized carbons (Fsp3) is 0.875. The van der Waals surface area contributed by atoms with Crippen molar-refractivity contribution in [1.29, 1.82) is 0 Å². The van der Waals surface area contributed by atoms with Crippen molar-refractivity contribution in [3.63, 3.8) is 0 Å². The number of hydrogen-bond donors (Lipinski definition) is 0. The first-order chi connectivity index (χ1) is 11.0. The van der Waals surface area contributed by atoms with Crippen LogP contribution in [-0.2, 0) is 33.3 Å². The van der Waals surface area contributed by atoms with Crippen LogP contribution in [0.25, 0.3) is 0 Å². The molecule has 0 radical (unpaired) electrons. The van der Waals surface area contributed by atoms with E-state index in [1.807, 2.05) is 0 Å². The minimum absolute atomic E-state index is 0.230. The molecule has 0 spiro atoms. The maximum atomic E-state index is 10.3. The first-order valence-corrected chi connectivity index (χ1v) is 7.95. The summed E-state index contributed by atoms with van der Waals surface area (Å²) in [7, 11) is 1.62. The molecule has 0 saturated carbocycles. The van der Waals surface area contributed by atoms with Crippen molar-refractivity contribution in [3.05, 3.63) is 0 Å². The summed E-state index contributed by atoms with van der Waals surface area (Å²) in [6, 6.07) is 0. The molecular weight excluding hydrogens is 304 g/mol. The van der Waals surface area contributed by atoms with E-state index in [2.05, 4.69) is 16.4 Å². The summed E-state index contributed by atoms with van der Waals surface area (Å²) in [6.45, 7) is 8.74. The number of methoxy groups -OCH3 is 1. The van der Waals surface area contributed by atoms with Crippen LogP contribution in [0.15, 0.2) is 0 Å². The Balaban J connectivity index is 0. The molecule has 0 aromatic carbocycles. The van der Waals surface area contributed by atoms with Crippen LogP contribution < -0.4 is 0 Å². The van der Waals surface area contributed by atoms with Gasteiger partial charge in [0.1, 0.15) is 6.61 Å². The summed E-state index contributed by atoms with van der Waals surface area (Å²) < 4.78 is 24.5. The smallest absolute Gasteiger partial charge is 0.302 e. The van der Waals surface area contributed by atoms with Crippen molar-refractivity contribution in [2.75, 3.05) is 53.4 Å². The van der Waals surface area contributed by atoms with Crippen molar-refractivity contribution in [2.24, 2.45) is 0 Å². The summed E-state index contributed by atoms with van der Waals surface area (Å²) in [5.41, 5.74) is 0. The van der Waals surface area contributed by atoms with Gasteiger partial charge in [-0.1, -0.05) is 13.3 Å². The largest absolute Gasteiger partial charge is 0.466 e. The molecule has 0 rings (SSSR count). The Morgan fingerprint density at radius 1 is 0.696 bits per heavy atom. The van der Waals surface area contributed by atoms with Gasteiger partial charge in [-0.15, -0.1) is 0 Å². The Morgan fingerprint density at radius 3 is 1.74 bits per heavy atom. The van der Waals surface area contributed by atoms with Gasteiger partial charge in [-0.2, -0.15) is 0 Å². The van der Waals surface area contributed by atoms with Gasteiger partial charge in [0.15, 0.2) is 0 Å². The highest BCUT2D eigenvalue weighted by Crippen LogP contribution is 1.88. The Hall–Kier alpha value is -1.18. The highest BCUT2D eigenvalue weighted by molar-refractivity contribution is 5.66. The molecule has 0 N–H and O–H groups in total. The molecule has 0 amide bonds. The molecule has 138 valence electrons. The van der Waals surface area contributed by atoms with Crippen LogP contribution >= 0.6 is 0 Å². The molecule has 0 heterocycles. The van der Waals surface area contributed by atoms with E-state index in [1.54, 1.807) is 7.11 Å². The number of hydrogen-bond acceptors (Lipinski definition) is 7. The molecule has 0 saturated heterocycles. The van der Waals surface area contributed by atoms with Gasteiger partial charge in [0.25, 0.3) is 0 Å². The summed E-state index contributed by atoms with van der Waals surface area (Å²) in [5, 5.41) is 0. The summed E-state index contributed by atoms with van der Waals surface area (Å²) in [4.78, 5) is 20.5. The lowest BCUT2D eigenvalue weighted by Gasteiger charge is -2.05. The van der Waals surface area contributed by atoms with Crippen molar-refractivity contribution in [2.45, 2.75) is 40.0 Å². The molecule has 0 aliphatic rings. The molecule has 0 aliphatic carbocycles. The quantitative estimate of drug-likeness (QED) is 0.376. The molecule has 0 aromatic heterocycles. The molecule has 0 aliphatic heterocycles. The van der Waals surface area contributed by atoms with E-state index < -0.39 is 0 Å². The predicted molar refractivity (Wildman–Crippen MR) is 86.3 cm³/mol. The van der Waals surface area contributed by atoms with Gasteiger partial charge in [0, 0.05) is 40.6 Å². The third-order valence-electron chi connectivity index (χ3n) is 2.35. The number of esters is 2. The molecule has 7 heteroatoms. The minimum Gasteiger partial charge on any atom is -0.466 e. The summed E-state index contributed by atoms with van der Waals surface area (Å²) in [5.74, 6) is -0.501. The van der Waals surface area contributed by atoms with Crippen LogP contribution in [0.1, 0.15) is 40.0 Å². The average molecular weight is 336 g/mol. The Labute approximate surface area is 139 Å². The van der Waals surface area contributed by atoms with E-state index in [4.69, 9.17) is 14.2 Å². The Bertz CT molecular complexity index is 269.